The first-order valence-electron chi connectivity index (χ1n) is 9.69. The second-order valence-electron chi connectivity index (χ2n) is 7.18. The first-order valence-corrected chi connectivity index (χ1v) is 9.69. The Morgan fingerprint density at radius 3 is 2.48 bits per heavy atom. The van der Waals surface area contributed by atoms with Crippen LogP contribution in [0.4, 0.5) is 5.69 Å². The van der Waals surface area contributed by atoms with Crippen LogP contribution in [0.1, 0.15) is 21.5 Å². The quantitative estimate of drug-likeness (QED) is 0.460. The molecule has 10 nitrogen and oxygen atoms in total. The number of nitro benzene ring substituents is 1. The van der Waals surface area contributed by atoms with Gasteiger partial charge in [-0.15, -0.1) is 0 Å². The predicted molar refractivity (Wildman–Crippen MR) is 110 cm³/mol. The fourth-order valence-electron chi connectivity index (χ4n) is 3.56. The van der Waals surface area contributed by atoms with Crippen LogP contribution in [0.5, 0.6) is 0 Å². The number of carbonyl (C=O) groups excluding carboxylic acids is 1. The van der Waals surface area contributed by atoms with Crippen molar-refractivity contribution in [3.05, 3.63) is 81.9 Å². The van der Waals surface area contributed by atoms with Gasteiger partial charge in [0, 0.05) is 44.4 Å². The molecule has 0 radical (unpaired) electrons. The number of aromatic nitrogens is 3. The van der Waals surface area contributed by atoms with Crippen LogP contribution in [-0.2, 0) is 6.54 Å². The molecule has 0 spiro atoms. The van der Waals surface area contributed by atoms with Gasteiger partial charge in [-0.25, -0.2) is 9.67 Å². The van der Waals surface area contributed by atoms with Crippen molar-refractivity contribution in [3.63, 3.8) is 0 Å². The van der Waals surface area contributed by atoms with Gasteiger partial charge in [-0.2, -0.15) is 10.4 Å². The predicted octanol–water partition coefficient (Wildman–Crippen LogP) is 2.01. The molecule has 2 heterocycles. The standard InChI is InChI=1S/C21H19N7O3/c22-12-16-1-3-17(4-2-16)13-25-7-9-26(10-8-25)21(29)18-5-6-19(20(11-18)28(30)31)27-15-23-14-24-27/h1-6,11,14-15H,7-10,13H2. The smallest absolute Gasteiger partial charge is 0.295 e. The van der Waals surface area contributed by atoms with Crippen LogP contribution >= 0.6 is 0 Å². The first-order chi connectivity index (χ1) is 15.0. The summed E-state index contributed by atoms with van der Waals surface area (Å²) in [6.07, 6.45) is 2.66. The molecule has 31 heavy (non-hydrogen) atoms. The van der Waals surface area contributed by atoms with Crippen LogP contribution in [0.2, 0.25) is 0 Å². The largest absolute Gasteiger partial charge is 0.336 e. The zero-order chi connectivity index (χ0) is 21.8. The lowest BCUT2D eigenvalue weighted by molar-refractivity contribution is -0.384. The highest BCUT2D eigenvalue weighted by atomic mass is 16.6. The van der Waals surface area contributed by atoms with Crippen LogP contribution in [-0.4, -0.2) is 61.6 Å². The molecule has 2 aromatic carbocycles. The van der Waals surface area contributed by atoms with Gasteiger partial charge in [0.1, 0.15) is 18.3 Å². The van der Waals surface area contributed by atoms with Crippen molar-refractivity contribution in [3.8, 4) is 11.8 Å². The van der Waals surface area contributed by atoms with Gasteiger partial charge in [-0.05, 0) is 29.8 Å². The maximum atomic E-state index is 12.9. The van der Waals surface area contributed by atoms with E-state index in [1.807, 2.05) is 12.1 Å². The third-order valence-electron chi connectivity index (χ3n) is 5.23. The van der Waals surface area contributed by atoms with Gasteiger partial charge in [0.25, 0.3) is 11.6 Å². The van der Waals surface area contributed by atoms with Gasteiger partial charge < -0.3 is 4.90 Å². The molecular formula is C21H19N7O3. The Bertz CT molecular complexity index is 1130. The summed E-state index contributed by atoms with van der Waals surface area (Å²) in [5, 5.41) is 24.3. The van der Waals surface area contributed by atoms with Crippen molar-refractivity contribution in [1.29, 1.82) is 5.26 Å². The van der Waals surface area contributed by atoms with Crippen LogP contribution in [0.15, 0.2) is 55.1 Å². The average molecular weight is 417 g/mol. The lowest BCUT2D eigenvalue weighted by atomic mass is 10.1. The number of amides is 1. The molecule has 1 aromatic heterocycles. The maximum Gasteiger partial charge on any atom is 0.295 e. The number of rotatable bonds is 5. The summed E-state index contributed by atoms with van der Waals surface area (Å²) >= 11 is 0. The van der Waals surface area contributed by atoms with E-state index in [0.717, 1.165) is 12.1 Å². The van der Waals surface area contributed by atoms with Crippen molar-refractivity contribution in [2.45, 2.75) is 6.54 Å². The zero-order valence-electron chi connectivity index (χ0n) is 16.6. The second-order valence-corrected chi connectivity index (χ2v) is 7.18. The normalized spacial score (nSPS) is 14.2. The number of carbonyl (C=O) groups is 1. The number of benzene rings is 2. The summed E-state index contributed by atoms with van der Waals surface area (Å²) in [5.41, 5.74) is 2.07. The Kier molecular flexibility index (Phi) is 5.68. The minimum atomic E-state index is -0.524. The molecule has 156 valence electrons. The van der Waals surface area contributed by atoms with E-state index in [1.54, 1.807) is 23.1 Å². The van der Waals surface area contributed by atoms with Crippen molar-refractivity contribution >= 4 is 11.6 Å². The highest BCUT2D eigenvalue weighted by Crippen LogP contribution is 2.24. The third kappa shape index (κ3) is 4.41. The summed E-state index contributed by atoms with van der Waals surface area (Å²) < 4.78 is 1.30. The summed E-state index contributed by atoms with van der Waals surface area (Å²) in [5.74, 6) is -0.230. The molecule has 4 rings (SSSR count). The Labute approximate surface area is 178 Å². The molecule has 1 aliphatic rings. The Morgan fingerprint density at radius 1 is 1.13 bits per heavy atom. The van der Waals surface area contributed by atoms with Crippen molar-refractivity contribution in [1.82, 2.24) is 24.6 Å². The molecule has 10 heteroatoms. The molecule has 0 saturated carbocycles. The molecule has 1 saturated heterocycles. The lowest BCUT2D eigenvalue weighted by Gasteiger charge is -2.34. The van der Waals surface area contributed by atoms with Gasteiger partial charge >= 0.3 is 0 Å². The fourth-order valence-corrected chi connectivity index (χ4v) is 3.56. The number of hydrogen-bond donors (Lipinski definition) is 0. The Morgan fingerprint density at radius 2 is 1.87 bits per heavy atom. The molecule has 1 aliphatic heterocycles. The topological polar surface area (TPSA) is 121 Å². The van der Waals surface area contributed by atoms with E-state index < -0.39 is 4.92 Å². The zero-order valence-corrected chi connectivity index (χ0v) is 16.6. The van der Waals surface area contributed by atoms with E-state index in [4.69, 9.17) is 5.26 Å². The molecule has 0 bridgehead atoms. The SMILES string of the molecule is N#Cc1ccc(CN2CCN(C(=O)c3ccc(-n4cncn4)c([N+](=O)[O-])c3)CC2)cc1. The molecule has 0 atom stereocenters. The van der Waals surface area contributed by atoms with Crippen LogP contribution in [0.25, 0.3) is 5.69 Å². The highest BCUT2D eigenvalue weighted by molar-refractivity contribution is 5.95. The summed E-state index contributed by atoms with van der Waals surface area (Å²) in [6, 6.07) is 14.0. The van der Waals surface area contributed by atoms with Gasteiger partial charge in [0.05, 0.1) is 16.6 Å². The van der Waals surface area contributed by atoms with Crippen LogP contribution in [0.3, 0.4) is 0 Å². The van der Waals surface area contributed by atoms with Gasteiger partial charge in [-0.1, -0.05) is 12.1 Å². The van der Waals surface area contributed by atoms with E-state index in [0.29, 0.717) is 31.7 Å². The molecule has 3 aromatic rings. The maximum absolute atomic E-state index is 12.9. The number of nitro groups is 1. The number of piperazine rings is 1. The van der Waals surface area contributed by atoms with E-state index in [1.165, 1.54) is 29.5 Å². The van der Waals surface area contributed by atoms with E-state index in [2.05, 4.69) is 21.1 Å². The number of nitriles is 1. The average Bonchev–Trinajstić information content (AvgIpc) is 3.34. The first kappa shape index (κ1) is 20.2. The molecule has 1 fully saturated rings. The highest BCUT2D eigenvalue weighted by Gasteiger charge is 2.25. The summed E-state index contributed by atoms with van der Waals surface area (Å²) in [4.78, 5) is 31.7. The van der Waals surface area contributed by atoms with Gasteiger partial charge in [0.15, 0.2) is 0 Å². The second kappa shape index (κ2) is 8.73. The van der Waals surface area contributed by atoms with Crippen LogP contribution in [0, 0.1) is 21.4 Å². The van der Waals surface area contributed by atoms with Gasteiger partial charge in [0.2, 0.25) is 0 Å². The van der Waals surface area contributed by atoms with Crippen molar-refractivity contribution in [2.24, 2.45) is 0 Å². The van der Waals surface area contributed by atoms with E-state index in [-0.39, 0.29) is 22.8 Å². The summed E-state index contributed by atoms with van der Waals surface area (Å²) in [7, 11) is 0. The summed E-state index contributed by atoms with van der Waals surface area (Å²) in [6.45, 7) is 3.21. The van der Waals surface area contributed by atoms with Gasteiger partial charge in [-0.3, -0.25) is 19.8 Å². The molecule has 0 unspecified atom stereocenters. The third-order valence-corrected chi connectivity index (χ3v) is 5.23. The van der Waals surface area contributed by atoms with Crippen molar-refractivity contribution < 1.29 is 9.72 Å². The van der Waals surface area contributed by atoms with E-state index in [9.17, 15) is 14.9 Å². The molecule has 1 amide bonds. The van der Waals surface area contributed by atoms with E-state index >= 15 is 0 Å². The van der Waals surface area contributed by atoms with Crippen molar-refractivity contribution in [2.75, 3.05) is 26.2 Å². The monoisotopic (exact) mass is 417 g/mol. The Hall–Kier alpha value is -4.10. The minimum Gasteiger partial charge on any atom is -0.336 e. The molecule has 0 aliphatic carbocycles. The molecule has 0 N–H and O–H groups in total. The fraction of sp³-hybridized carbons (Fsp3) is 0.238. The van der Waals surface area contributed by atoms with Crippen LogP contribution < -0.4 is 0 Å². The number of hydrogen-bond acceptors (Lipinski definition) is 7. The lowest BCUT2D eigenvalue weighted by Crippen LogP contribution is -2.48. The number of nitrogens with zero attached hydrogens (tertiary/aromatic N) is 7. The minimum absolute atomic E-state index is 0.198. The molecular weight excluding hydrogens is 398 g/mol. The Balaban J connectivity index is 1.42.